The van der Waals surface area contributed by atoms with Crippen LogP contribution in [0.2, 0.25) is 0 Å². The Kier molecular flexibility index (Phi) is 7.54. The van der Waals surface area contributed by atoms with Crippen LogP contribution in [0.15, 0.2) is 61.2 Å². The number of thioether (sulfide) groups is 1. The van der Waals surface area contributed by atoms with Crippen molar-refractivity contribution in [2.75, 3.05) is 37.0 Å². The first-order valence-electron chi connectivity index (χ1n) is 11.0. The Balaban J connectivity index is 1.55. The molecule has 0 radical (unpaired) electrons. The van der Waals surface area contributed by atoms with Gasteiger partial charge in [0.25, 0.3) is 5.91 Å². The average molecular weight is 474 g/mol. The van der Waals surface area contributed by atoms with Gasteiger partial charge in [0.05, 0.1) is 16.8 Å². The summed E-state index contributed by atoms with van der Waals surface area (Å²) >= 11 is 1.72. The van der Waals surface area contributed by atoms with Crippen LogP contribution in [0.3, 0.4) is 0 Å². The minimum atomic E-state index is -0.120. The topological polar surface area (TPSA) is 105 Å². The molecule has 0 aliphatic rings. The van der Waals surface area contributed by atoms with E-state index in [1.54, 1.807) is 43.6 Å². The van der Waals surface area contributed by atoms with Crippen LogP contribution in [-0.4, -0.2) is 52.2 Å². The molecule has 174 valence electrons. The summed E-state index contributed by atoms with van der Waals surface area (Å²) in [5, 5.41) is 10.3. The number of carbonyl (C=O) groups excluding carboxylic acids is 1. The van der Waals surface area contributed by atoms with Crippen molar-refractivity contribution in [1.82, 2.24) is 25.3 Å². The summed E-state index contributed by atoms with van der Waals surface area (Å²) in [5.41, 5.74) is 4.25. The van der Waals surface area contributed by atoms with Gasteiger partial charge in [0.15, 0.2) is 0 Å². The van der Waals surface area contributed by atoms with Gasteiger partial charge in [0, 0.05) is 54.8 Å². The molecule has 1 aromatic carbocycles. The predicted molar refractivity (Wildman–Crippen MR) is 139 cm³/mol. The summed E-state index contributed by atoms with van der Waals surface area (Å²) < 4.78 is 0. The highest BCUT2D eigenvalue weighted by atomic mass is 32.2. The highest BCUT2D eigenvalue weighted by Gasteiger charge is 2.17. The zero-order valence-electron chi connectivity index (χ0n) is 19.4. The fourth-order valence-corrected chi connectivity index (χ4v) is 4.45. The molecule has 0 aliphatic heterocycles. The lowest BCUT2D eigenvalue weighted by atomic mass is 10.0. The van der Waals surface area contributed by atoms with Crippen LogP contribution in [0.1, 0.15) is 28.1 Å². The lowest BCUT2D eigenvalue weighted by Crippen LogP contribution is -2.18. The van der Waals surface area contributed by atoms with Crippen molar-refractivity contribution < 1.29 is 4.79 Å². The minimum Gasteiger partial charge on any atom is -0.370 e. The first kappa shape index (κ1) is 23.4. The van der Waals surface area contributed by atoms with Gasteiger partial charge in [-0.15, -0.1) is 0 Å². The van der Waals surface area contributed by atoms with Crippen LogP contribution in [-0.2, 0) is 0 Å². The average Bonchev–Trinajstić information content (AvgIpc) is 2.89. The summed E-state index contributed by atoms with van der Waals surface area (Å²) in [6.07, 6.45) is 7.11. The Bertz CT molecular complexity index is 1280. The second kappa shape index (κ2) is 10.9. The molecular weight excluding hydrogens is 446 g/mol. The summed E-state index contributed by atoms with van der Waals surface area (Å²) in [5.74, 6) is 1.45. The fraction of sp³-hybridized carbons (Fsp3) is 0.240. The van der Waals surface area contributed by atoms with Crippen LogP contribution in [0.25, 0.3) is 22.2 Å². The molecular formula is C25H27N7OS. The van der Waals surface area contributed by atoms with Gasteiger partial charge in [-0.05, 0) is 36.9 Å². The molecule has 8 nitrogen and oxygen atoms in total. The Morgan fingerprint density at radius 1 is 1.03 bits per heavy atom. The Hall–Kier alpha value is -3.72. The lowest BCUT2D eigenvalue weighted by Gasteiger charge is -2.18. The van der Waals surface area contributed by atoms with E-state index < -0.39 is 0 Å². The standard InChI is InChI=1S/C25H27N7OS/c1-4-27-22-9-8-16(13-29-22)20-12-23(32-15-31-20)30-14-21(34-3)19-7-5-6-17-18(25(33)26-2)10-11-28-24(17)19/h5-13,15,21H,4,14H2,1-3H3,(H,26,33)(H,27,29)(H,30,31,32). The Morgan fingerprint density at radius 3 is 2.65 bits per heavy atom. The highest BCUT2D eigenvalue weighted by molar-refractivity contribution is 7.98. The maximum Gasteiger partial charge on any atom is 0.251 e. The SMILES string of the molecule is CCNc1ccc(-c2cc(NCC(SC)c3cccc4c(C(=O)NC)ccnc34)ncn2)cn1. The molecule has 4 rings (SSSR count). The summed E-state index contributed by atoms with van der Waals surface area (Å²) in [6.45, 7) is 3.50. The van der Waals surface area contributed by atoms with Gasteiger partial charge >= 0.3 is 0 Å². The molecule has 3 aromatic heterocycles. The summed E-state index contributed by atoms with van der Waals surface area (Å²) in [7, 11) is 1.63. The van der Waals surface area contributed by atoms with Crippen molar-refractivity contribution in [2.45, 2.75) is 12.2 Å². The van der Waals surface area contributed by atoms with Crippen LogP contribution >= 0.6 is 11.8 Å². The molecule has 0 saturated carbocycles. The van der Waals surface area contributed by atoms with Crippen LogP contribution in [0, 0.1) is 0 Å². The van der Waals surface area contributed by atoms with Gasteiger partial charge < -0.3 is 16.0 Å². The first-order valence-corrected chi connectivity index (χ1v) is 12.3. The van der Waals surface area contributed by atoms with E-state index in [9.17, 15) is 4.79 Å². The van der Waals surface area contributed by atoms with Crippen molar-refractivity contribution in [3.05, 3.63) is 72.3 Å². The van der Waals surface area contributed by atoms with Gasteiger partial charge in [0.2, 0.25) is 0 Å². The minimum absolute atomic E-state index is 0.107. The van der Waals surface area contributed by atoms with Crippen molar-refractivity contribution in [3.63, 3.8) is 0 Å². The number of hydrogen-bond acceptors (Lipinski definition) is 8. The molecule has 3 heterocycles. The number of aromatic nitrogens is 4. The van der Waals surface area contributed by atoms with Crippen molar-refractivity contribution >= 4 is 40.2 Å². The second-order valence-electron chi connectivity index (χ2n) is 7.54. The van der Waals surface area contributed by atoms with E-state index in [1.807, 2.05) is 37.3 Å². The van der Waals surface area contributed by atoms with E-state index in [4.69, 9.17) is 0 Å². The quantitative estimate of drug-likeness (QED) is 0.329. The third-order valence-corrected chi connectivity index (χ3v) is 6.45. The van der Waals surface area contributed by atoms with Crippen molar-refractivity contribution in [1.29, 1.82) is 0 Å². The number of pyridine rings is 2. The maximum absolute atomic E-state index is 12.3. The molecule has 0 aliphatic carbocycles. The number of nitrogens with zero attached hydrogens (tertiary/aromatic N) is 4. The number of nitrogens with one attached hydrogen (secondary N) is 3. The number of anilines is 2. The van der Waals surface area contributed by atoms with E-state index in [2.05, 4.69) is 48.2 Å². The smallest absolute Gasteiger partial charge is 0.251 e. The number of hydrogen-bond donors (Lipinski definition) is 3. The van der Waals surface area contributed by atoms with E-state index in [1.165, 1.54) is 0 Å². The molecule has 1 amide bonds. The zero-order chi connectivity index (χ0) is 23.9. The third kappa shape index (κ3) is 5.09. The largest absolute Gasteiger partial charge is 0.370 e. The van der Waals surface area contributed by atoms with Crippen LogP contribution in [0.5, 0.6) is 0 Å². The van der Waals surface area contributed by atoms with Gasteiger partial charge in [-0.1, -0.05) is 18.2 Å². The molecule has 4 aromatic rings. The third-order valence-electron chi connectivity index (χ3n) is 5.46. The monoisotopic (exact) mass is 473 g/mol. The van der Waals surface area contributed by atoms with E-state index in [-0.39, 0.29) is 11.2 Å². The van der Waals surface area contributed by atoms with Crippen molar-refractivity contribution in [2.24, 2.45) is 0 Å². The molecule has 3 N–H and O–H groups in total. The normalized spacial score (nSPS) is 11.7. The first-order chi connectivity index (χ1) is 16.6. The lowest BCUT2D eigenvalue weighted by molar-refractivity contribution is 0.0964. The van der Waals surface area contributed by atoms with Crippen LogP contribution in [0.4, 0.5) is 11.6 Å². The molecule has 1 unspecified atom stereocenters. The van der Waals surface area contributed by atoms with Crippen molar-refractivity contribution in [3.8, 4) is 11.3 Å². The maximum atomic E-state index is 12.3. The van der Waals surface area contributed by atoms with Gasteiger partial charge in [-0.3, -0.25) is 9.78 Å². The van der Waals surface area contributed by atoms with Gasteiger partial charge in [-0.2, -0.15) is 11.8 Å². The molecule has 0 saturated heterocycles. The number of benzene rings is 1. The molecule has 0 fully saturated rings. The molecule has 9 heteroatoms. The Labute approximate surface area is 203 Å². The number of fused-ring (bicyclic) bond motifs is 1. The number of para-hydroxylation sites is 1. The van der Waals surface area contributed by atoms with Crippen LogP contribution < -0.4 is 16.0 Å². The number of rotatable bonds is 9. The Morgan fingerprint density at radius 2 is 1.91 bits per heavy atom. The zero-order valence-corrected chi connectivity index (χ0v) is 20.2. The van der Waals surface area contributed by atoms with E-state index in [0.29, 0.717) is 12.1 Å². The fourth-order valence-electron chi connectivity index (χ4n) is 3.75. The van der Waals surface area contributed by atoms with Gasteiger partial charge in [0.1, 0.15) is 18.0 Å². The molecule has 1 atom stereocenters. The summed E-state index contributed by atoms with van der Waals surface area (Å²) in [4.78, 5) is 30.1. The molecule has 0 bridgehead atoms. The second-order valence-corrected chi connectivity index (χ2v) is 8.58. The molecule has 34 heavy (non-hydrogen) atoms. The number of amides is 1. The van der Waals surface area contributed by atoms with Gasteiger partial charge in [-0.25, -0.2) is 15.0 Å². The molecule has 0 spiro atoms. The highest BCUT2D eigenvalue weighted by Crippen LogP contribution is 2.33. The van der Waals surface area contributed by atoms with E-state index >= 15 is 0 Å². The summed E-state index contributed by atoms with van der Waals surface area (Å²) in [6, 6.07) is 13.6. The van der Waals surface area contributed by atoms with E-state index in [0.717, 1.165) is 45.9 Å². The number of carbonyl (C=O) groups is 1. The predicted octanol–water partition coefficient (Wildman–Crippen LogP) is 4.39.